The lowest BCUT2D eigenvalue weighted by atomic mass is 10.2. The maximum absolute atomic E-state index is 13.4. The Balaban J connectivity index is 2.08. The van der Waals surface area contributed by atoms with E-state index in [4.69, 9.17) is 0 Å². The number of carbonyl (C=O) groups excluding carboxylic acids is 1. The summed E-state index contributed by atoms with van der Waals surface area (Å²) >= 11 is 0. The van der Waals surface area contributed by atoms with E-state index < -0.39 is 5.82 Å². The highest BCUT2D eigenvalue weighted by molar-refractivity contribution is 5.90. The minimum atomic E-state index is -0.405. The molecule has 0 heterocycles. The summed E-state index contributed by atoms with van der Waals surface area (Å²) in [6.45, 7) is 4.62. The van der Waals surface area contributed by atoms with Gasteiger partial charge in [-0.25, -0.2) is 9.18 Å². The largest absolute Gasteiger partial charge is 0.322 e. The molecule has 1 saturated carbocycles. The number of benzene rings is 1. The van der Waals surface area contributed by atoms with Gasteiger partial charge in [0.15, 0.2) is 0 Å². The quantitative estimate of drug-likeness (QED) is 0.858. The van der Waals surface area contributed by atoms with Crippen LogP contribution < -0.4 is 5.32 Å². The molecular formula is C13H17FN2O. The molecule has 0 spiro atoms. The van der Waals surface area contributed by atoms with Crippen molar-refractivity contribution in [3.05, 3.63) is 30.1 Å². The number of hydrogen-bond donors (Lipinski definition) is 1. The molecule has 1 aliphatic carbocycles. The molecule has 0 aromatic heterocycles. The predicted octanol–water partition coefficient (Wildman–Crippen LogP) is 3.23. The molecule has 0 saturated heterocycles. The molecule has 1 aliphatic rings. The van der Waals surface area contributed by atoms with Gasteiger partial charge in [0.25, 0.3) is 0 Å². The third-order valence-corrected chi connectivity index (χ3v) is 3.30. The first-order chi connectivity index (χ1) is 8.07. The van der Waals surface area contributed by atoms with E-state index in [0.717, 1.165) is 12.8 Å². The van der Waals surface area contributed by atoms with Crippen LogP contribution in [0.2, 0.25) is 0 Å². The van der Waals surface area contributed by atoms with Gasteiger partial charge in [-0.05, 0) is 38.8 Å². The van der Waals surface area contributed by atoms with Gasteiger partial charge < -0.3 is 10.2 Å². The van der Waals surface area contributed by atoms with E-state index in [9.17, 15) is 9.18 Å². The van der Waals surface area contributed by atoms with Crippen LogP contribution in [0.25, 0.3) is 0 Å². The summed E-state index contributed by atoms with van der Waals surface area (Å²) in [7, 11) is 0. The Labute approximate surface area is 101 Å². The van der Waals surface area contributed by atoms with Gasteiger partial charge in [-0.3, -0.25) is 0 Å². The molecular weight excluding hydrogens is 219 g/mol. The van der Waals surface area contributed by atoms with Crippen molar-refractivity contribution in [3.63, 3.8) is 0 Å². The summed E-state index contributed by atoms with van der Waals surface area (Å²) < 4.78 is 13.4. The van der Waals surface area contributed by atoms with Gasteiger partial charge in [0.2, 0.25) is 0 Å². The minimum absolute atomic E-state index is 0.0376. The van der Waals surface area contributed by atoms with Crippen molar-refractivity contribution in [2.75, 3.05) is 11.9 Å². The number of carbonyl (C=O) groups is 1. The summed E-state index contributed by atoms with van der Waals surface area (Å²) in [6.07, 6.45) is 2.04. The monoisotopic (exact) mass is 236 g/mol. The maximum Gasteiger partial charge on any atom is 0.322 e. The third kappa shape index (κ3) is 2.40. The summed E-state index contributed by atoms with van der Waals surface area (Å²) in [4.78, 5) is 13.8. The van der Waals surface area contributed by atoms with Crippen LogP contribution in [-0.4, -0.2) is 23.0 Å². The average Bonchev–Trinajstić information content (AvgIpc) is 3.01. The molecule has 17 heavy (non-hydrogen) atoms. The molecule has 1 aromatic rings. The molecule has 0 bridgehead atoms. The number of hydrogen-bond acceptors (Lipinski definition) is 1. The highest BCUT2D eigenvalue weighted by Crippen LogP contribution is 2.41. The molecule has 4 heteroatoms. The minimum Gasteiger partial charge on any atom is -0.319 e. The van der Waals surface area contributed by atoms with Crippen LogP contribution >= 0.6 is 0 Å². The fourth-order valence-electron chi connectivity index (χ4n) is 1.97. The van der Waals surface area contributed by atoms with Crippen molar-refractivity contribution in [1.82, 2.24) is 4.90 Å². The van der Waals surface area contributed by atoms with Crippen molar-refractivity contribution in [1.29, 1.82) is 0 Å². The first-order valence-electron chi connectivity index (χ1n) is 5.90. The van der Waals surface area contributed by atoms with Gasteiger partial charge in [0.1, 0.15) is 5.82 Å². The Morgan fingerprint density at radius 3 is 2.65 bits per heavy atom. The second-order valence-corrected chi connectivity index (χ2v) is 4.65. The molecule has 0 unspecified atom stereocenters. The molecule has 0 atom stereocenters. The van der Waals surface area contributed by atoms with Crippen molar-refractivity contribution in [2.45, 2.75) is 32.2 Å². The Morgan fingerprint density at radius 1 is 1.47 bits per heavy atom. The van der Waals surface area contributed by atoms with Crippen molar-refractivity contribution in [3.8, 4) is 0 Å². The summed E-state index contributed by atoms with van der Waals surface area (Å²) in [5, 5.41) is 2.62. The Bertz CT molecular complexity index is 429. The number of para-hydroxylation sites is 1. The van der Waals surface area contributed by atoms with Gasteiger partial charge >= 0.3 is 6.03 Å². The molecule has 92 valence electrons. The standard InChI is InChI=1S/C13H17FN2O/c1-3-16(13(2)8-9-13)12(17)15-11-7-5-4-6-10(11)14/h4-7H,3,8-9H2,1-2H3,(H,15,17). The van der Waals surface area contributed by atoms with E-state index in [2.05, 4.69) is 12.2 Å². The Hall–Kier alpha value is -1.58. The zero-order valence-corrected chi connectivity index (χ0v) is 10.2. The number of nitrogens with one attached hydrogen (secondary N) is 1. The molecule has 1 fully saturated rings. The smallest absolute Gasteiger partial charge is 0.319 e. The lowest BCUT2D eigenvalue weighted by molar-refractivity contribution is 0.189. The molecule has 1 aromatic carbocycles. The van der Waals surface area contributed by atoms with Crippen LogP contribution in [0.15, 0.2) is 24.3 Å². The molecule has 2 rings (SSSR count). The van der Waals surface area contributed by atoms with E-state index in [1.54, 1.807) is 23.1 Å². The second kappa shape index (κ2) is 4.35. The number of amides is 2. The number of nitrogens with zero attached hydrogens (tertiary/aromatic N) is 1. The molecule has 0 aliphatic heterocycles. The number of anilines is 1. The SMILES string of the molecule is CCN(C(=O)Nc1ccccc1F)C1(C)CC1. The first-order valence-corrected chi connectivity index (χ1v) is 5.90. The zero-order chi connectivity index (χ0) is 12.5. The molecule has 0 radical (unpaired) electrons. The molecule has 2 amide bonds. The zero-order valence-electron chi connectivity index (χ0n) is 10.2. The highest BCUT2D eigenvalue weighted by Gasteiger charge is 2.45. The number of urea groups is 1. The van der Waals surface area contributed by atoms with Crippen LogP contribution in [0.3, 0.4) is 0 Å². The van der Waals surface area contributed by atoms with Crippen LogP contribution in [0.4, 0.5) is 14.9 Å². The molecule has 3 nitrogen and oxygen atoms in total. The fourth-order valence-corrected chi connectivity index (χ4v) is 1.97. The van der Waals surface area contributed by atoms with Crippen LogP contribution in [0.1, 0.15) is 26.7 Å². The predicted molar refractivity (Wildman–Crippen MR) is 65.4 cm³/mol. The van der Waals surface area contributed by atoms with Gasteiger partial charge in [0, 0.05) is 12.1 Å². The van der Waals surface area contributed by atoms with Crippen molar-refractivity contribution >= 4 is 11.7 Å². The Kier molecular flexibility index (Phi) is 3.05. The van der Waals surface area contributed by atoms with Crippen LogP contribution in [0.5, 0.6) is 0 Å². The number of halogens is 1. The maximum atomic E-state index is 13.4. The third-order valence-electron chi connectivity index (χ3n) is 3.30. The van der Waals surface area contributed by atoms with E-state index >= 15 is 0 Å². The summed E-state index contributed by atoms with van der Waals surface area (Å²) in [5.74, 6) is -0.405. The highest BCUT2D eigenvalue weighted by atomic mass is 19.1. The first kappa shape index (κ1) is 11.9. The van der Waals surface area contributed by atoms with Gasteiger partial charge in [0.05, 0.1) is 5.69 Å². The van der Waals surface area contributed by atoms with Crippen molar-refractivity contribution < 1.29 is 9.18 Å². The summed E-state index contributed by atoms with van der Waals surface area (Å²) in [5.41, 5.74) is 0.199. The van der Waals surface area contributed by atoms with Gasteiger partial charge in [-0.2, -0.15) is 0 Å². The topological polar surface area (TPSA) is 32.3 Å². The van der Waals surface area contributed by atoms with Crippen LogP contribution in [0, 0.1) is 5.82 Å². The molecule has 1 N–H and O–H groups in total. The van der Waals surface area contributed by atoms with Crippen LogP contribution in [-0.2, 0) is 0 Å². The number of rotatable bonds is 3. The second-order valence-electron chi connectivity index (χ2n) is 4.65. The normalized spacial score (nSPS) is 16.4. The van der Waals surface area contributed by atoms with E-state index in [1.807, 2.05) is 6.92 Å². The van der Waals surface area contributed by atoms with E-state index in [-0.39, 0.29) is 17.3 Å². The fraction of sp³-hybridized carbons (Fsp3) is 0.462. The van der Waals surface area contributed by atoms with Gasteiger partial charge in [-0.15, -0.1) is 0 Å². The average molecular weight is 236 g/mol. The van der Waals surface area contributed by atoms with E-state index in [0.29, 0.717) is 6.54 Å². The lowest BCUT2D eigenvalue weighted by Crippen LogP contribution is -2.42. The Morgan fingerprint density at radius 2 is 2.12 bits per heavy atom. The van der Waals surface area contributed by atoms with Gasteiger partial charge in [-0.1, -0.05) is 12.1 Å². The summed E-state index contributed by atoms with van der Waals surface area (Å²) in [6, 6.07) is 5.98. The van der Waals surface area contributed by atoms with Crippen molar-refractivity contribution in [2.24, 2.45) is 0 Å². The van der Waals surface area contributed by atoms with E-state index in [1.165, 1.54) is 6.07 Å². The lowest BCUT2D eigenvalue weighted by Gasteiger charge is -2.28.